The fourth-order valence-corrected chi connectivity index (χ4v) is 6.17. The second-order valence-electron chi connectivity index (χ2n) is 10.9. The molecular formula is C38H21ClN6O. The first-order valence-electron chi connectivity index (χ1n) is 14.7. The van der Waals surface area contributed by atoms with E-state index >= 15 is 0 Å². The predicted molar refractivity (Wildman–Crippen MR) is 182 cm³/mol. The highest BCUT2D eigenvalue weighted by atomic mass is 35.5. The van der Waals surface area contributed by atoms with E-state index in [1.54, 1.807) is 12.4 Å². The standard InChI is InChI=1S/C38H21ClN6O/c39-38-44-33(36-35(45-38)27-11-4-5-13-31(27)46-36)23-14-16-24(17-15-23)37-42-29(22-8-2-1-3-9-22)21-30(43-37)28-20-25-10-6-18-40-32(25)34-26(28)12-7-19-41-34/h1-21H. The molecule has 0 radical (unpaired) electrons. The Kier molecular flexibility index (Phi) is 6.04. The number of furan rings is 1. The average Bonchev–Trinajstić information content (AvgIpc) is 3.49. The summed E-state index contributed by atoms with van der Waals surface area (Å²) in [5.41, 5.74) is 9.60. The van der Waals surface area contributed by atoms with Crippen LogP contribution in [0.4, 0.5) is 0 Å². The molecule has 9 aromatic rings. The Balaban J connectivity index is 1.22. The zero-order valence-electron chi connectivity index (χ0n) is 24.1. The summed E-state index contributed by atoms with van der Waals surface area (Å²) in [5.74, 6) is 0.598. The lowest BCUT2D eigenvalue weighted by molar-refractivity contribution is 0.667. The Morgan fingerprint density at radius 2 is 1.24 bits per heavy atom. The predicted octanol–water partition coefficient (Wildman–Crippen LogP) is 9.58. The van der Waals surface area contributed by atoms with Gasteiger partial charge in [-0.1, -0.05) is 78.9 Å². The highest BCUT2D eigenvalue weighted by Crippen LogP contribution is 2.37. The van der Waals surface area contributed by atoms with Crippen LogP contribution in [0.3, 0.4) is 0 Å². The first kappa shape index (κ1) is 26.4. The fourth-order valence-electron chi connectivity index (χ4n) is 6.00. The van der Waals surface area contributed by atoms with E-state index in [2.05, 4.69) is 45.3 Å². The van der Waals surface area contributed by atoms with Crippen molar-refractivity contribution in [3.8, 4) is 45.2 Å². The molecule has 0 saturated carbocycles. The Bertz CT molecular complexity index is 2600. The number of fused-ring (bicyclic) bond motifs is 6. The Morgan fingerprint density at radius 3 is 2.11 bits per heavy atom. The van der Waals surface area contributed by atoms with Gasteiger partial charge in [0.2, 0.25) is 5.28 Å². The van der Waals surface area contributed by atoms with Crippen LogP contribution in [0.25, 0.3) is 89.0 Å². The molecule has 0 saturated heterocycles. The molecule has 0 N–H and O–H groups in total. The van der Waals surface area contributed by atoms with Gasteiger partial charge in [0.05, 0.1) is 22.4 Å². The van der Waals surface area contributed by atoms with Crippen LogP contribution in [-0.4, -0.2) is 29.9 Å². The van der Waals surface area contributed by atoms with Gasteiger partial charge in [0.1, 0.15) is 16.8 Å². The minimum atomic E-state index is 0.161. The van der Waals surface area contributed by atoms with E-state index in [1.165, 1.54) is 0 Å². The number of para-hydroxylation sites is 1. The third-order valence-electron chi connectivity index (χ3n) is 8.14. The molecule has 46 heavy (non-hydrogen) atoms. The lowest BCUT2D eigenvalue weighted by atomic mass is 9.99. The van der Waals surface area contributed by atoms with E-state index in [-0.39, 0.29) is 5.28 Å². The van der Waals surface area contributed by atoms with E-state index in [9.17, 15) is 0 Å². The SMILES string of the molecule is Clc1nc(-c2ccc(-c3nc(-c4ccccc4)cc(-c4cc5cccnc5c5ncccc45)n3)cc2)c2oc3ccccc3c2n1. The first-order chi connectivity index (χ1) is 22.7. The van der Waals surface area contributed by atoms with E-state index < -0.39 is 0 Å². The summed E-state index contributed by atoms with van der Waals surface area (Å²) >= 11 is 6.40. The molecule has 4 aromatic carbocycles. The lowest BCUT2D eigenvalue weighted by Crippen LogP contribution is -1.97. The molecule has 5 aromatic heterocycles. The molecule has 0 aliphatic rings. The topological polar surface area (TPSA) is 90.5 Å². The van der Waals surface area contributed by atoms with Gasteiger partial charge >= 0.3 is 0 Å². The maximum absolute atomic E-state index is 6.40. The average molecular weight is 613 g/mol. The second-order valence-corrected chi connectivity index (χ2v) is 11.3. The zero-order chi connectivity index (χ0) is 30.6. The van der Waals surface area contributed by atoms with Crippen LogP contribution in [0.2, 0.25) is 5.28 Å². The van der Waals surface area contributed by atoms with E-state index in [4.69, 9.17) is 31.0 Å². The Morgan fingerprint density at radius 1 is 0.522 bits per heavy atom. The summed E-state index contributed by atoms with van der Waals surface area (Å²) in [4.78, 5) is 28.5. The fraction of sp³-hybridized carbons (Fsp3) is 0. The molecule has 0 spiro atoms. The molecule has 8 heteroatoms. The number of benzene rings is 4. The number of pyridine rings is 2. The molecule has 5 heterocycles. The summed E-state index contributed by atoms with van der Waals surface area (Å²) in [5, 5.41) is 3.03. The van der Waals surface area contributed by atoms with Gasteiger partial charge in [0.15, 0.2) is 11.4 Å². The maximum atomic E-state index is 6.40. The van der Waals surface area contributed by atoms with Gasteiger partial charge in [-0.2, -0.15) is 0 Å². The molecular weight excluding hydrogens is 592 g/mol. The first-order valence-corrected chi connectivity index (χ1v) is 15.1. The molecule has 7 nitrogen and oxygen atoms in total. The second kappa shape index (κ2) is 10.5. The van der Waals surface area contributed by atoms with Crippen LogP contribution in [-0.2, 0) is 0 Å². The smallest absolute Gasteiger partial charge is 0.223 e. The van der Waals surface area contributed by atoms with Crippen molar-refractivity contribution in [2.24, 2.45) is 0 Å². The molecule has 0 bridgehead atoms. The minimum Gasteiger partial charge on any atom is -0.452 e. The highest BCUT2D eigenvalue weighted by molar-refractivity contribution is 6.29. The Hall–Kier alpha value is -6.05. The number of rotatable bonds is 4. The van der Waals surface area contributed by atoms with Crippen molar-refractivity contribution in [1.82, 2.24) is 29.9 Å². The third-order valence-corrected chi connectivity index (χ3v) is 8.31. The minimum absolute atomic E-state index is 0.161. The molecule has 0 atom stereocenters. The zero-order valence-corrected chi connectivity index (χ0v) is 24.8. The number of aromatic nitrogens is 6. The summed E-state index contributed by atoms with van der Waals surface area (Å²) in [6.45, 7) is 0. The van der Waals surface area contributed by atoms with Gasteiger partial charge in [-0.3, -0.25) is 9.97 Å². The molecule has 0 amide bonds. The molecule has 0 fully saturated rings. The number of nitrogens with zero attached hydrogens (tertiary/aromatic N) is 6. The van der Waals surface area contributed by atoms with Crippen molar-refractivity contribution in [3.05, 3.63) is 133 Å². The largest absolute Gasteiger partial charge is 0.452 e. The van der Waals surface area contributed by atoms with Crippen molar-refractivity contribution in [2.75, 3.05) is 0 Å². The van der Waals surface area contributed by atoms with Gasteiger partial charge in [-0.25, -0.2) is 19.9 Å². The number of hydrogen-bond acceptors (Lipinski definition) is 7. The van der Waals surface area contributed by atoms with Gasteiger partial charge in [-0.05, 0) is 48.0 Å². The maximum Gasteiger partial charge on any atom is 0.223 e. The highest BCUT2D eigenvalue weighted by Gasteiger charge is 2.18. The van der Waals surface area contributed by atoms with Crippen molar-refractivity contribution < 1.29 is 4.42 Å². The quantitative estimate of drug-likeness (QED) is 0.144. The summed E-state index contributed by atoms with van der Waals surface area (Å²) in [6, 6.07) is 38.0. The monoisotopic (exact) mass is 612 g/mol. The summed E-state index contributed by atoms with van der Waals surface area (Å²) in [6.07, 6.45) is 3.59. The van der Waals surface area contributed by atoms with E-state index in [0.29, 0.717) is 22.6 Å². The normalized spacial score (nSPS) is 11.6. The van der Waals surface area contributed by atoms with Crippen molar-refractivity contribution in [1.29, 1.82) is 0 Å². The van der Waals surface area contributed by atoms with Crippen molar-refractivity contribution in [3.63, 3.8) is 0 Å². The van der Waals surface area contributed by atoms with Crippen LogP contribution in [0.1, 0.15) is 0 Å². The van der Waals surface area contributed by atoms with Crippen LogP contribution >= 0.6 is 11.6 Å². The van der Waals surface area contributed by atoms with Gasteiger partial charge < -0.3 is 4.42 Å². The Labute approximate surface area is 267 Å². The molecule has 216 valence electrons. The van der Waals surface area contributed by atoms with Crippen molar-refractivity contribution >= 4 is 55.5 Å². The van der Waals surface area contributed by atoms with Crippen LogP contribution in [0.15, 0.2) is 132 Å². The summed E-state index contributed by atoms with van der Waals surface area (Å²) in [7, 11) is 0. The molecule has 0 unspecified atom stereocenters. The van der Waals surface area contributed by atoms with Gasteiger partial charge in [0, 0.05) is 50.8 Å². The number of hydrogen-bond donors (Lipinski definition) is 0. The third kappa shape index (κ3) is 4.37. The van der Waals surface area contributed by atoms with Crippen LogP contribution in [0.5, 0.6) is 0 Å². The van der Waals surface area contributed by atoms with E-state index in [0.717, 1.165) is 66.4 Å². The lowest BCUT2D eigenvalue weighted by Gasteiger charge is -2.12. The van der Waals surface area contributed by atoms with Crippen LogP contribution < -0.4 is 0 Å². The summed E-state index contributed by atoms with van der Waals surface area (Å²) < 4.78 is 6.19. The van der Waals surface area contributed by atoms with Crippen molar-refractivity contribution in [2.45, 2.75) is 0 Å². The van der Waals surface area contributed by atoms with Gasteiger partial charge in [-0.15, -0.1) is 0 Å². The number of halogens is 1. The van der Waals surface area contributed by atoms with Crippen LogP contribution in [0, 0.1) is 0 Å². The van der Waals surface area contributed by atoms with Gasteiger partial charge in [0.25, 0.3) is 0 Å². The molecule has 0 aliphatic heterocycles. The molecule has 0 aliphatic carbocycles. The van der Waals surface area contributed by atoms with E-state index in [1.807, 2.05) is 84.9 Å². The molecule has 9 rings (SSSR count).